The fourth-order valence-corrected chi connectivity index (χ4v) is 5.73. The van der Waals surface area contributed by atoms with Gasteiger partial charge in [0.25, 0.3) is 0 Å². The van der Waals surface area contributed by atoms with Crippen molar-refractivity contribution in [2.45, 2.75) is 64.7 Å². The van der Waals surface area contributed by atoms with Crippen LogP contribution >= 0.6 is 0 Å². The minimum Gasteiger partial charge on any atom is -0.0850 e. The van der Waals surface area contributed by atoms with Crippen LogP contribution in [-0.2, 0) is 19.3 Å². The molecule has 0 aliphatic heterocycles. The van der Waals surface area contributed by atoms with Gasteiger partial charge in [0.1, 0.15) is 0 Å². The lowest BCUT2D eigenvalue weighted by atomic mass is 9.64. The van der Waals surface area contributed by atoms with Gasteiger partial charge in [0, 0.05) is 0 Å². The molecule has 2 aromatic rings. The quantitative estimate of drug-likeness (QED) is 0.575. The molecule has 2 unspecified atom stereocenters. The van der Waals surface area contributed by atoms with Crippen molar-refractivity contribution >= 4 is 10.8 Å². The zero-order valence-electron chi connectivity index (χ0n) is 14.9. The Balaban J connectivity index is 1.50. The maximum Gasteiger partial charge on any atom is -0.0178 e. The molecular weight excluding hydrogens is 288 g/mol. The fraction of sp³-hybridized carbons (Fsp3) is 0.500. The summed E-state index contributed by atoms with van der Waals surface area (Å²) in [5, 5.41) is 2.92. The number of hydrogen-bond acceptors (Lipinski definition) is 0. The van der Waals surface area contributed by atoms with Crippen LogP contribution in [0, 0.1) is 11.3 Å². The monoisotopic (exact) mass is 316 g/mol. The molecule has 1 saturated carbocycles. The highest BCUT2D eigenvalue weighted by molar-refractivity contribution is 5.85. The molecule has 0 aromatic heterocycles. The number of aryl methyl sites for hydroxylation is 2. The highest BCUT2D eigenvalue weighted by atomic mass is 14.5. The van der Waals surface area contributed by atoms with Crippen LogP contribution in [0.5, 0.6) is 0 Å². The SMILES string of the molecule is CCCCc1ccc2cc3c(cc2c1)CC1(CC3)CC2=CCC1C2. The molecule has 1 spiro atoms. The maximum atomic E-state index is 2.54. The lowest BCUT2D eigenvalue weighted by Crippen LogP contribution is -2.33. The van der Waals surface area contributed by atoms with E-state index in [2.05, 4.69) is 43.3 Å². The number of unbranched alkanes of at least 4 members (excludes halogenated alkanes) is 1. The summed E-state index contributed by atoms with van der Waals surface area (Å²) < 4.78 is 0. The third kappa shape index (κ3) is 2.26. The average Bonchev–Trinajstić information content (AvgIpc) is 3.19. The number of hydrogen-bond donors (Lipinski definition) is 0. The first-order chi connectivity index (χ1) is 11.8. The normalized spacial score (nSPS) is 27.7. The van der Waals surface area contributed by atoms with Crippen molar-refractivity contribution in [1.29, 1.82) is 0 Å². The van der Waals surface area contributed by atoms with E-state index < -0.39 is 0 Å². The molecule has 124 valence electrons. The number of rotatable bonds is 3. The molecule has 3 aliphatic rings. The molecule has 2 aromatic carbocycles. The first-order valence-corrected chi connectivity index (χ1v) is 9.98. The summed E-state index contributed by atoms with van der Waals surface area (Å²) >= 11 is 0. The van der Waals surface area contributed by atoms with E-state index in [1.807, 2.05) is 0 Å². The molecule has 0 nitrogen and oxygen atoms in total. The summed E-state index contributed by atoms with van der Waals surface area (Å²) in [7, 11) is 0. The second-order valence-electron chi connectivity index (χ2n) is 8.62. The lowest BCUT2D eigenvalue weighted by molar-refractivity contribution is 0.169. The van der Waals surface area contributed by atoms with E-state index in [1.54, 1.807) is 16.7 Å². The van der Waals surface area contributed by atoms with E-state index in [4.69, 9.17) is 0 Å². The molecule has 0 radical (unpaired) electrons. The summed E-state index contributed by atoms with van der Waals surface area (Å²) in [6, 6.07) is 12.2. The van der Waals surface area contributed by atoms with Crippen LogP contribution < -0.4 is 0 Å². The van der Waals surface area contributed by atoms with Crippen molar-refractivity contribution in [2.75, 3.05) is 0 Å². The molecule has 5 rings (SSSR count). The van der Waals surface area contributed by atoms with Crippen molar-refractivity contribution in [1.82, 2.24) is 0 Å². The largest absolute Gasteiger partial charge is 0.0850 e. The molecule has 0 N–H and O–H groups in total. The van der Waals surface area contributed by atoms with Crippen molar-refractivity contribution in [2.24, 2.45) is 11.3 Å². The van der Waals surface area contributed by atoms with Gasteiger partial charge >= 0.3 is 0 Å². The Bertz CT molecular complexity index is 825. The van der Waals surface area contributed by atoms with Crippen LogP contribution in [0.2, 0.25) is 0 Å². The highest BCUT2D eigenvalue weighted by Crippen LogP contribution is 2.58. The Morgan fingerprint density at radius 3 is 2.75 bits per heavy atom. The summed E-state index contributed by atoms with van der Waals surface area (Å²) in [4.78, 5) is 0. The first-order valence-electron chi connectivity index (χ1n) is 9.98. The molecule has 0 amide bonds. The minimum absolute atomic E-state index is 0.616. The average molecular weight is 316 g/mol. The summed E-state index contributed by atoms with van der Waals surface area (Å²) in [6.45, 7) is 2.28. The molecule has 1 fully saturated rings. The van der Waals surface area contributed by atoms with Gasteiger partial charge in [-0.3, -0.25) is 0 Å². The topological polar surface area (TPSA) is 0 Å². The predicted octanol–water partition coefficient (Wildman–Crippen LogP) is 6.40. The van der Waals surface area contributed by atoms with Crippen molar-refractivity contribution in [3.8, 4) is 0 Å². The molecule has 0 heteroatoms. The minimum atomic E-state index is 0.616. The van der Waals surface area contributed by atoms with Crippen LogP contribution in [0.25, 0.3) is 10.8 Å². The molecule has 0 saturated heterocycles. The highest BCUT2D eigenvalue weighted by Gasteiger charge is 2.48. The Morgan fingerprint density at radius 1 is 1.04 bits per heavy atom. The number of allylic oxidation sites excluding steroid dienone is 2. The lowest BCUT2D eigenvalue weighted by Gasteiger charge is -2.40. The van der Waals surface area contributed by atoms with E-state index in [0.29, 0.717) is 5.41 Å². The van der Waals surface area contributed by atoms with Crippen LogP contribution in [0.1, 0.15) is 62.1 Å². The van der Waals surface area contributed by atoms with Crippen molar-refractivity contribution in [3.63, 3.8) is 0 Å². The Hall–Kier alpha value is -1.56. The van der Waals surface area contributed by atoms with Gasteiger partial charge in [-0.2, -0.15) is 0 Å². The maximum absolute atomic E-state index is 2.54. The second kappa shape index (κ2) is 5.48. The smallest absolute Gasteiger partial charge is 0.0178 e. The number of benzene rings is 2. The Labute approximate surface area is 146 Å². The van der Waals surface area contributed by atoms with E-state index >= 15 is 0 Å². The van der Waals surface area contributed by atoms with Gasteiger partial charge < -0.3 is 0 Å². The molecule has 0 heterocycles. The van der Waals surface area contributed by atoms with Crippen molar-refractivity contribution in [3.05, 3.63) is 58.7 Å². The van der Waals surface area contributed by atoms with Gasteiger partial charge in [-0.25, -0.2) is 0 Å². The van der Waals surface area contributed by atoms with E-state index in [1.165, 1.54) is 74.1 Å². The number of fused-ring (bicyclic) bond motifs is 5. The summed E-state index contributed by atoms with van der Waals surface area (Å²) in [6.07, 6.45) is 14.6. The Kier molecular flexibility index (Phi) is 3.37. The molecule has 2 bridgehead atoms. The third-order valence-corrected chi connectivity index (χ3v) is 7.12. The summed E-state index contributed by atoms with van der Waals surface area (Å²) in [5.41, 5.74) is 7.19. The van der Waals surface area contributed by atoms with Crippen LogP contribution in [0.15, 0.2) is 42.0 Å². The van der Waals surface area contributed by atoms with Crippen LogP contribution in [0.4, 0.5) is 0 Å². The van der Waals surface area contributed by atoms with Gasteiger partial charge in [-0.05, 0) is 90.2 Å². The molecule has 3 aliphatic carbocycles. The molecular formula is C24H28. The molecule has 2 atom stereocenters. The van der Waals surface area contributed by atoms with E-state index in [-0.39, 0.29) is 0 Å². The zero-order chi connectivity index (χ0) is 16.1. The van der Waals surface area contributed by atoms with Gasteiger partial charge in [0.15, 0.2) is 0 Å². The van der Waals surface area contributed by atoms with Gasteiger partial charge in [-0.1, -0.05) is 55.3 Å². The zero-order valence-corrected chi connectivity index (χ0v) is 14.9. The first kappa shape index (κ1) is 14.8. The van der Waals surface area contributed by atoms with Crippen molar-refractivity contribution < 1.29 is 0 Å². The second-order valence-corrected chi connectivity index (χ2v) is 8.62. The predicted molar refractivity (Wildman–Crippen MR) is 102 cm³/mol. The van der Waals surface area contributed by atoms with E-state index in [9.17, 15) is 0 Å². The van der Waals surface area contributed by atoms with Crippen LogP contribution in [-0.4, -0.2) is 0 Å². The standard InChI is InChI=1S/C24H28/c1-2-3-4-17-5-7-19-13-20-9-10-24(15-18-6-8-23(24)12-18)16-22(20)14-21(19)11-17/h5-7,11,13-14,23H,2-4,8-10,12,15-16H2,1H3. The fourth-order valence-electron chi connectivity index (χ4n) is 5.73. The van der Waals surface area contributed by atoms with Gasteiger partial charge in [-0.15, -0.1) is 0 Å². The molecule has 24 heavy (non-hydrogen) atoms. The summed E-state index contributed by atoms with van der Waals surface area (Å²) in [5.74, 6) is 0.951. The van der Waals surface area contributed by atoms with Crippen LogP contribution in [0.3, 0.4) is 0 Å². The Morgan fingerprint density at radius 2 is 1.96 bits per heavy atom. The van der Waals surface area contributed by atoms with Gasteiger partial charge in [0.2, 0.25) is 0 Å². The van der Waals surface area contributed by atoms with E-state index in [0.717, 1.165) is 5.92 Å². The van der Waals surface area contributed by atoms with Gasteiger partial charge in [0.05, 0.1) is 0 Å². The third-order valence-electron chi connectivity index (χ3n) is 7.12.